The standard InChI is InChI=1S/C21H20FN3O/c1-13-7-10-19(14(2)11-13)25-20(21(26)23-15-8-9-15)12-18(24-25)16-5-3-4-6-17(16)22/h3-7,10-12,15H,8-9H2,1-2H3,(H,23,26). The molecule has 0 spiro atoms. The predicted molar refractivity (Wildman–Crippen MR) is 98.9 cm³/mol. The van der Waals surface area contributed by atoms with Gasteiger partial charge in [0.05, 0.1) is 11.4 Å². The average molecular weight is 349 g/mol. The molecule has 1 aliphatic rings. The van der Waals surface area contributed by atoms with E-state index in [1.165, 1.54) is 6.07 Å². The van der Waals surface area contributed by atoms with Crippen LogP contribution in [0.1, 0.15) is 34.5 Å². The summed E-state index contributed by atoms with van der Waals surface area (Å²) < 4.78 is 15.8. The molecule has 0 saturated heterocycles. The second kappa shape index (κ2) is 6.41. The third kappa shape index (κ3) is 3.12. The number of aromatic nitrogens is 2. The quantitative estimate of drug-likeness (QED) is 0.768. The Hall–Kier alpha value is -2.95. The van der Waals surface area contributed by atoms with E-state index in [0.29, 0.717) is 17.0 Å². The van der Waals surface area contributed by atoms with E-state index >= 15 is 0 Å². The molecule has 1 aliphatic carbocycles. The number of benzene rings is 2. The summed E-state index contributed by atoms with van der Waals surface area (Å²) in [7, 11) is 0. The minimum atomic E-state index is -0.355. The third-order valence-electron chi connectivity index (χ3n) is 4.58. The maximum atomic E-state index is 14.2. The van der Waals surface area contributed by atoms with Crippen LogP contribution in [0.5, 0.6) is 0 Å². The van der Waals surface area contributed by atoms with Crippen molar-refractivity contribution in [3.63, 3.8) is 0 Å². The lowest BCUT2D eigenvalue weighted by Gasteiger charge is -2.11. The topological polar surface area (TPSA) is 46.9 Å². The van der Waals surface area contributed by atoms with E-state index in [9.17, 15) is 9.18 Å². The Kier molecular flexibility index (Phi) is 4.07. The van der Waals surface area contributed by atoms with Gasteiger partial charge in [-0.2, -0.15) is 5.10 Å². The molecular formula is C21H20FN3O. The second-order valence-corrected chi connectivity index (χ2v) is 6.84. The summed E-state index contributed by atoms with van der Waals surface area (Å²) in [6.45, 7) is 4.00. The van der Waals surface area contributed by atoms with Crippen molar-refractivity contribution in [2.75, 3.05) is 0 Å². The van der Waals surface area contributed by atoms with Crippen molar-refractivity contribution in [3.05, 3.63) is 71.2 Å². The lowest BCUT2D eigenvalue weighted by Crippen LogP contribution is -2.27. The number of hydrogen-bond donors (Lipinski definition) is 1. The van der Waals surface area contributed by atoms with Gasteiger partial charge < -0.3 is 5.32 Å². The van der Waals surface area contributed by atoms with Crippen molar-refractivity contribution in [2.24, 2.45) is 0 Å². The number of halogens is 1. The van der Waals surface area contributed by atoms with Crippen molar-refractivity contribution < 1.29 is 9.18 Å². The number of amides is 1. The Morgan fingerprint density at radius 3 is 2.62 bits per heavy atom. The van der Waals surface area contributed by atoms with Crippen molar-refractivity contribution in [2.45, 2.75) is 32.7 Å². The monoisotopic (exact) mass is 349 g/mol. The van der Waals surface area contributed by atoms with E-state index in [2.05, 4.69) is 10.4 Å². The first-order chi connectivity index (χ1) is 12.5. The molecule has 0 aliphatic heterocycles. The normalized spacial score (nSPS) is 13.7. The van der Waals surface area contributed by atoms with E-state index in [1.54, 1.807) is 28.9 Å². The van der Waals surface area contributed by atoms with Crippen LogP contribution in [0.25, 0.3) is 16.9 Å². The minimum absolute atomic E-state index is 0.178. The summed E-state index contributed by atoms with van der Waals surface area (Å²) in [5.41, 5.74) is 4.21. The zero-order valence-electron chi connectivity index (χ0n) is 14.8. The molecule has 1 N–H and O–H groups in total. The number of carbonyl (C=O) groups excluding carboxylic acids is 1. The molecule has 0 unspecified atom stereocenters. The van der Waals surface area contributed by atoms with Gasteiger partial charge in [-0.15, -0.1) is 0 Å². The van der Waals surface area contributed by atoms with Crippen LogP contribution in [0.2, 0.25) is 0 Å². The van der Waals surface area contributed by atoms with E-state index in [4.69, 9.17) is 0 Å². The Labute approximate surface area is 151 Å². The van der Waals surface area contributed by atoms with Crippen LogP contribution in [0.4, 0.5) is 4.39 Å². The van der Waals surface area contributed by atoms with Gasteiger partial charge in [0.15, 0.2) is 0 Å². The number of carbonyl (C=O) groups is 1. The number of nitrogens with zero attached hydrogens (tertiary/aromatic N) is 2. The SMILES string of the molecule is Cc1ccc(-n2nc(-c3ccccc3F)cc2C(=O)NC2CC2)c(C)c1. The van der Waals surface area contributed by atoms with Gasteiger partial charge in [-0.3, -0.25) is 4.79 Å². The summed E-state index contributed by atoms with van der Waals surface area (Å²) in [5, 5.41) is 7.56. The Bertz CT molecular complexity index is 989. The zero-order chi connectivity index (χ0) is 18.3. The highest BCUT2D eigenvalue weighted by molar-refractivity contribution is 5.94. The molecule has 1 saturated carbocycles. The Morgan fingerprint density at radius 1 is 1.15 bits per heavy atom. The fourth-order valence-electron chi connectivity index (χ4n) is 3.06. The predicted octanol–water partition coefficient (Wildman–Crippen LogP) is 4.19. The van der Waals surface area contributed by atoms with Gasteiger partial charge in [-0.25, -0.2) is 9.07 Å². The molecule has 5 heteroatoms. The first kappa shape index (κ1) is 16.5. The molecular weight excluding hydrogens is 329 g/mol. The minimum Gasteiger partial charge on any atom is -0.348 e. The van der Waals surface area contributed by atoms with Crippen molar-refractivity contribution >= 4 is 5.91 Å². The highest BCUT2D eigenvalue weighted by Gasteiger charge is 2.27. The molecule has 0 bridgehead atoms. The van der Waals surface area contributed by atoms with Crippen LogP contribution >= 0.6 is 0 Å². The van der Waals surface area contributed by atoms with E-state index in [1.807, 2.05) is 32.0 Å². The van der Waals surface area contributed by atoms with Gasteiger partial charge in [0, 0.05) is 11.6 Å². The molecule has 1 fully saturated rings. The van der Waals surface area contributed by atoms with Gasteiger partial charge in [-0.1, -0.05) is 29.8 Å². The zero-order valence-corrected chi connectivity index (χ0v) is 14.8. The molecule has 4 nitrogen and oxygen atoms in total. The molecule has 132 valence electrons. The lowest BCUT2D eigenvalue weighted by molar-refractivity contribution is 0.0943. The first-order valence-electron chi connectivity index (χ1n) is 8.76. The van der Waals surface area contributed by atoms with Crippen molar-refractivity contribution in [3.8, 4) is 16.9 Å². The van der Waals surface area contributed by atoms with Crippen LogP contribution in [-0.4, -0.2) is 21.7 Å². The van der Waals surface area contributed by atoms with Gasteiger partial charge in [0.2, 0.25) is 0 Å². The second-order valence-electron chi connectivity index (χ2n) is 6.84. The molecule has 26 heavy (non-hydrogen) atoms. The molecule has 1 aromatic heterocycles. The summed E-state index contributed by atoms with van der Waals surface area (Å²) >= 11 is 0. The molecule has 3 aromatic rings. The fraction of sp³-hybridized carbons (Fsp3) is 0.238. The number of aryl methyl sites for hydroxylation is 2. The van der Waals surface area contributed by atoms with Crippen molar-refractivity contribution in [1.29, 1.82) is 0 Å². The van der Waals surface area contributed by atoms with Crippen molar-refractivity contribution in [1.82, 2.24) is 15.1 Å². The van der Waals surface area contributed by atoms with Crippen LogP contribution in [-0.2, 0) is 0 Å². The summed E-state index contributed by atoms with van der Waals surface area (Å²) in [4.78, 5) is 12.7. The molecule has 1 heterocycles. The lowest BCUT2D eigenvalue weighted by atomic mass is 10.1. The van der Waals surface area contributed by atoms with Crippen LogP contribution in [0.15, 0.2) is 48.5 Å². The first-order valence-corrected chi connectivity index (χ1v) is 8.76. The van der Waals surface area contributed by atoms with Crippen LogP contribution < -0.4 is 5.32 Å². The van der Waals surface area contributed by atoms with Crippen LogP contribution in [0.3, 0.4) is 0 Å². The molecule has 0 radical (unpaired) electrons. The van der Waals surface area contributed by atoms with Gasteiger partial charge in [0.25, 0.3) is 5.91 Å². The Morgan fingerprint density at radius 2 is 1.92 bits per heavy atom. The van der Waals surface area contributed by atoms with E-state index in [0.717, 1.165) is 29.7 Å². The smallest absolute Gasteiger partial charge is 0.270 e. The molecule has 2 aromatic carbocycles. The average Bonchev–Trinajstić information content (AvgIpc) is 3.31. The fourth-order valence-corrected chi connectivity index (χ4v) is 3.06. The molecule has 4 rings (SSSR count). The van der Waals surface area contributed by atoms with Crippen LogP contribution in [0, 0.1) is 19.7 Å². The van der Waals surface area contributed by atoms with Gasteiger partial charge in [0.1, 0.15) is 11.5 Å². The van der Waals surface area contributed by atoms with E-state index < -0.39 is 0 Å². The number of hydrogen-bond acceptors (Lipinski definition) is 2. The maximum Gasteiger partial charge on any atom is 0.270 e. The summed E-state index contributed by atoms with van der Waals surface area (Å²) in [6.07, 6.45) is 2.01. The largest absolute Gasteiger partial charge is 0.348 e. The number of rotatable bonds is 4. The summed E-state index contributed by atoms with van der Waals surface area (Å²) in [5.74, 6) is -0.533. The summed E-state index contributed by atoms with van der Waals surface area (Å²) in [6, 6.07) is 14.3. The molecule has 0 atom stereocenters. The Balaban J connectivity index is 1.85. The number of nitrogens with one attached hydrogen (secondary N) is 1. The van der Waals surface area contributed by atoms with E-state index in [-0.39, 0.29) is 17.8 Å². The van der Waals surface area contributed by atoms with Gasteiger partial charge in [-0.05, 0) is 56.5 Å². The third-order valence-corrected chi connectivity index (χ3v) is 4.58. The maximum absolute atomic E-state index is 14.2. The van der Waals surface area contributed by atoms with Gasteiger partial charge >= 0.3 is 0 Å². The highest BCUT2D eigenvalue weighted by Crippen LogP contribution is 2.26. The highest BCUT2D eigenvalue weighted by atomic mass is 19.1. The molecule has 1 amide bonds.